The molecule has 0 amide bonds. The smallest absolute Gasteiger partial charge is 0.252 e. The molecule has 0 radical (unpaired) electrons. The van der Waals surface area contributed by atoms with Crippen molar-refractivity contribution in [1.29, 1.82) is 0 Å². The maximum Gasteiger partial charge on any atom is 0.252 e. The zero-order chi connectivity index (χ0) is 52.7. The van der Waals surface area contributed by atoms with E-state index in [-0.39, 0.29) is 6.71 Å². The molecule has 12 aromatic rings. The van der Waals surface area contributed by atoms with Gasteiger partial charge in [0.15, 0.2) is 0 Å². The van der Waals surface area contributed by atoms with Crippen LogP contribution in [-0.4, -0.2) is 6.71 Å². The number of hydrogen-bond donors (Lipinski definition) is 0. The van der Waals surface area contributed by atoms with Crippen molar-refractivity contribution in [3.63, 3.8) is 0 Å². The minimum Gasteiger partial charge on any atom is -0.311 e. The van der Waals surface area contributed by atoms with Crippen LogP contribution in [0.3, 0.4) is 0 Å². The van der Waals surface area contributed by atoms with Crippen molar-refractivity contribution < 1.29 is 0 Å². The van der Waals surface area contributed by atoms with E-state index < -0.39 is 0 Å². The molecule has 3 nitrogen and oxygen atoms in total. The Morgan fingerprint density at radius 2 is 0.825 bits per heavy atom. The van der Waals surface area contributed by atoms with Crippen LogP contribution in [0.1, 0.15) is 23.1 Å². The summed E-state index contributed by atoms with van der Waals surface area (Å²) in [5, 5.41) is 2.63. The summed E-state index contributed by atoms with van der Waals surface area (Å²) in [6.45, 7) is -0.128. The normalized spacial score (nSPS) is 13.3. The van der Waals surface area contributed by atoms with Crippen LogP contribution in [0.15, 0.2) is 285 Å². The van der Waals surface area contributed by atoms with Gasteiger partial charge in [-0.1, -0.05) is 224 Å². The zero-order valence-electron chi connectivity index (χ0n) is 44.0. The van der Waals surface area contributed by atoms with E-state index in [4.69, 9.17) is 0 Å². The molecular formula is C76H52BN3. The van der Waals surface area contributed by atoms with E-state index in [0.29, 0.717) is 0 Å². The SMILES string of the molecule is C1=Cc2cc(N(c3ccccc3)c3cc4c5c(c3)N(c3ccc(-c6ccccc6)cc3)c3ccc(-c6ccccc6)cc3B5c3cc(-c5ccccc5)ccc3N4c3ccc(-c4ccccc4)cc3)c3cccc4c3c2C(=CC4)C1. The molecule has 2 aliphatic carbocycles. The lowest BCUT2D eigenvalue weighted by atomic mass is 9.33. The maximum atomic E-state index is 2.56. The maximum absolute atomic E-state index is 2.56. The van der Waals surface area contributed by atoms with Crippen molar-refractivity contribution in [3.05, 3.63) is 302 Å². The average molecular weight is 1020 g/mol. The van der Waals surface area contributed by atoms with Gasteiger partial charge >= 0.3 is 0 Å². The lowest BCUT2D eigenvalue weighted by Crippen LogP contribution is -2.61. The van der Waals surface area contributed by atoms with Gasteiger partial charge in [-0.25, -0.2) is 0 Å². The number of benzene rings is 12. The molecule has 0 fully saturated rings. The zero-order valence-corrected chi connectivity index (χ0v) is 44.0. The Kier molecular flexibility index (Phi) is 10.8. The number of fused-ring (bicyclic) bond motifs is 4. The molecule has 374 valence electrons. The summed E-state index contributed by atoms with van der Waals surface area (Å²) in [5.41, 5.74) is 28.9. The Bertz CT molecular complexity index is 4240. The third-order valence-corrected chi connectivity index (χ3v) is 17.0. The third kappa shape index (κ3) is 7.52. The number of allylic oxidation sites excluding steroid dienone is 3. The lowest BCUT2D eigenvalue weighted by Gasteiger charge is -2.45. The quantitative estimate of drug-likeness (QED) is 0.133. The summed E-state index contributed by atoms with van der Waals surface area (Å²) in [7, 11) is 0. The van der Waals surface area contributed by atoms with Gasteiger partial charge in [-0.2, -0.15) is 0 Å². The first kappa shape index (κ1) is 46.0. The van der Waals surface area contributed by atoms with Crippen LogP contribution in [-0.2, 0) is 6.42 Å². The standard InChI is InChI=1S/C76H52BN3/c1-6-18-51(19-7-1)55-34-40-63(41-35-55)79-69-44-38-59(53-22-10-3-11-23-53)46-67(69)77-68-47-60(54-24-12-4-13-25-54)39-45-70(68)80(64-42-36-56(37-43-64)52-20-8-2-9-21-52)73-50-65(49-72(79)76(73)77)78(62-29-14-5-15-30-62)71-48-61-28-16-26-57-32-33-58-27-17-31-66(71)75(58)74(57)61/h1-25,27-32,34-50H,26,33H2. The molecule has 0 spiro atoms. The Hall–Kier alpha value is -10.2. The molecule has 4 aliphatic rings. The first-order chi connectivity index (χ1) is 39.7. The fourth-order valence-electron chi connectivity index (χ4n) is 13.4. The molecular weight excluding hydrogens is 966 g/mol. The van der Waals surface area contributed by atoms with Gasteiger partial charge in [-0.15, -0.1) is 0 Å². The Balaban J connectivity index is 1.02. The fraction of sp³-hybridized carbons (Fsp3) is 0.0263. The van der Waals surface area contributed by atoms with Crippen molar-refractivity contribution in [2.24, 2.45) is 0 Å². The number of anilines is 9. The van der Waals surface area contributed by atoms with Gasteiger partial charge in [0.2, 0.25) is 0 Å². The molecule has 0 saturated carbocycles. The van der Waals surface area contributed by atoms with Gasteiger partial charge in [0.25, 0.3) is 6.71 Å². The van der Waals surface area contributed by atoms with Gasteiger partial charge in [0, 0.05) is 45.2 Å². The summed E-state index contributed by atoms with van der Waals surface area (Å²) in [4.78, 5) is 7.66. The highest BCUT2D eigenvalue weighted by molar-refractivity contribution is 7.00. The van der Waals surface area contributed by atoms with E-state index in [1.165, 1.54) is 93.9 Å². The summed E-state index contributed by atoms with van der Waals surface area (Å²) in [6, 6.07) is 102. The Morgan fingerprint density at radius 1 is 0.362 bits per heavy atom. The molecule has 4 heteroatoms. The minimum atomic E-state index is -0.128. The van der Waals surface area contributed by atoms with Crippen LogP contribution < -0.4 is 31.1 Å². The molecule has 2 aliphatic heterocycles. The second-order valence-electron chi connectivity index (χ2n) is 21.5. The molecule has 16 rings (SSSR count). The predicted octanol–water partition coefficient (Wildman–Crippen LogP) is 18.4. The molecule has 2 heterocycles. The topological polar surface area (TPSA) is 9.72 Å². The van der Waals surface area contributed by atoms with Crippen LogP contribution in [0.25, 0.3) is 66.9 Å². The third-order valence-electron chi connectivity index (χ3n) is 17.0. The largest absolute Gasteiger partial charge is 0.311 e. The fourth-order valence-corrected chi connectivity index (χ4v) is 13.4. The average Bonchev–Trinajstić information content (AvgIpc) is 3.65. The van der Waals surface area contributed by atoms with Crippen molar-refractivity contribution in [1.82, 2.24) is 0 Å². The van der Waals surface area contributed by atoms with Crippen molar-refractivity contribution in [2.75, 3.05) is 14.7 Å². The van der Waals surface area contributed by atoms with Gasteiger partial charge in [0.1, 0.15) is 0 Å². The monoisotopic (exact) mass is 1020 g/mol. The molecule has 0 unspecified atom stereocenters. The van der Waals surface area contributed by atoms with Crippen molar-refractivity contribution in [3.8, 4) is 44.5 Å². The summed E-state index contributed by atoms with van der Waals surface area (Å²) < 4.78 is 0. The van der Waals surface area contributed by atoms with Crippen LogP contribution in [0.2, 0.25) is 0 Å². The van der Waals surface area contributed by atoms with Gasteiger partial charge in [-0.05, 0) is 168 Å². The van der Waals surface area contributed by atoms with E-state index in [2.05, 4.69) is 306 Å². The number of rotatable bonds is 9. The molecule has 0 aromatic heterocycles. The van der Waals surface area contributed by atoms with Crippen LogP contribution in [0, 0.1) is 0 Å². The number of hydrogen-bond acceptors (Lipinski definition) is 3. The predicted molar refractivity (Wildman–Crippen MR) is 340 cm³/mol. The van der Waals surface area contributed by atoms with Crippen LogP contribution in [0.4, 0.5) is 51.2 Å². The second kappa shape index (κ2) is 18.8. The van der Waals surface area contributed by atoms with E-state index in [9.17, 15) is 0 Å². The molecule has 0 N–H and O–H groups in total. The van der Waals surface area contributed by atoms with Crippen LogP contribution >= 0.6 is 0 Å². The lowest BCUT2D eigenvalue weighted by molar-refractivity contribution is 1.21. The summed E-state index contributed by atoms with van der Waals surface area (Å²) in [6.07, 6.45) is 9.04. The minimum absolute atomic E-state index is 0.128. The number of nitrogens with zero attached hydrogens (tertiary/aromatic N) is 3. The van der Waals surface area contributed by atoms with Gasteiger partial charge in [0.05, 0.1) is 11.4 Å². The highest BCUT2D eigenvalue weighted by atomic mass is 15.2. The van der Waals surface area contributed by atoms with Gasteiger partial charge in [-0.3, -0.25) is 0 Å². The molecule has 80 heavy (non-hydrogen) atoms. The van der Waals surface area contributed by atoms with E-state index in [0.717, 1.165) is 64.0 Å². The summed E-state index contributed by atoms with van der Waals surface area (Å²) >= 11 is 0. The van der Waals surface area contributed by atoms with E-state index >= 15 is 0 Å². The molecule has 0 bridgehead atoms. The Labute approximate surface area is 468 Å². The summed E-state index contributed by atoms with van der Waals surface area (Å²) in [5.74, 6) is 0. The van der Waals surface area contributed by atoms with E-state index in [1.54, 1.807) is 0 Å². The van der Waals surface area contributed by atoms with Crippen LogP contribution in [0.5, 0.6) is 0 Å². The first-order valence-corrected chi connectivity index (χ1v) is 28.0. The first-order valence-electron chi connectivity index (χ1n) is 28.0. The van der Waals surface area contributed by atoms with Crippen molar-refractivity contribution in [2.45, 2.75) is 12.8 Å². The Morgan fingerprint density at radius 3 is 1.34 bits per heavy atom. The van der Waals surface area contributed by atoms with Gasteiger partial charge < -0.3 is 14.7 Å². The number of para-hydroxylation sites is 1. The second-order valence-corrected chi connectivity index (χ2v) is 21.5. The molecule has 12 aromatic carbocycles. The molecule has 0 saturated heterocycles. The van der Waals surface area contributed by atoms with E-state index in [1.807, 2.05) is 0 Å². The highest BCUT2D eigenvalue weighted by Crippen LogP contribution is 2.52. The van der Waals surface area contributed by atoms with Crippen molar-refractivity contribution >= 4 is 96.7 Å². The highest BCUT2D eigenvalue weighted by Gasteiger charge is 2.44. The molecule has 0 atom stereocenters.